The van der Waals surface area contributed by atoms with Crippen LogP contribution in [0.2, 0.25) is 0 Å². The first-order valence-corrected chi connectivity index (χ1v) is 9.70. The van der Waals surface area contributed by atoms with E-state index in [2.05, 4.69) is 0 Å². The number of hydrogen-bond donors (Lipinski definition) is 1. The maximum absolute atomic E-state index is 13.3. The third-order valence-electron chi connectivity index (χ3n) is 4.10. The van der Waals surface area contributed by atoms with Crippen LogP contribution >= 0.6 is 0 Å². The quantitative estimate of drug-likeness (QED) is 0.630. The van der Waals surface area contributed by atoms with Gasteiger partial charge in [-0.2, -0.15) is 0 Å². The van der Waals surface area contributed by atoms with Crippen LogP contribution in [0.1, 0.15) is 27.8 Å². The Morgan fingerprint density at radius 2 is 1.79 bits per heavy atom. The number of hydrogen-bond acceptors (Lipinski definition) is 6. The Morgan fingerprint density at radius 3 is 2.36 bits per heavy atom. The molecule has 28 heavy (non-hydrogen) atoms. The zero-order valence-corrected chi connectivity index (χ0v) is 15.9. The zero-order valence-electron chi connectivity index (χ0n) is 15.1. The van der Waals surface area contributed by atoms with E-state index in [-0.39, 0.29) is 39.4 Å². The van der Waals surface area contributed by atoms with Crippen LogP contribution < -0.4 is 4.74 Å². The van der Waals surface area contributed by atoms with E-state index in [4.69, 9.17) is 9.47 Å². The Hall–Kier alpha value is -3.33. The summed E-state index contributed by atoms with van der Waals surface area (Å²) >= 11 is 0. The first-order chi connectivity index (χ1) is 13.3. The summed E-state index contributed by atoms with van der Waals surface area (Å²) in [6.07, 6.45) is 0. The lowest BCUT2D eigenvalue weighted by molar-refractivity contribution is 0.0518. The first kappa shape index (κ1) is 19.4. The highest BCUT2D eigenvalue weighted by Gasteiger charge is 2.30. The standard InChI is InChI=1S/C19H17NO7S/c1-3-27-19(23)15-11-13-14(9-10-16(26-2)17(13)18(21)22)20(15)28(24,25)12-7-5-4-6-8-12/h4-11H,3H2,1-2H3,(H,21,22). The van der Waals surface area contributed by atoms with Crippen LogP contribution in [0.4, 0.5) is 0 Å². The molecule has 0 saturated carbocycles. The van der Waals surface area contributed by atoms with Crippen LogP contribution in [0.25, 0.3) is 10.9 Å². The van der Waals surface area contributed by atoms with Crippen molar-refractivity contribution >= 4 is 32.9 Å². The topological polar surface area (TPSA) is 112 Å². The predicted molar refractivity (Wildman–Crippen MR) is 100 cm³/mol. The normalized spacial score (nSPS) is 11.4. The predicted octanol–water partition coefficient (Wildman–Crippen LogP) is 2.76. The SMILES string of the molecule is CCOC(=O)c1cc2c(C(=O)O)c(OC)ccc2n1S(=O)(=O)c1ccccc1. The number of esters is 1. The van der Waals surface area contributed by atoms with E-state index in [1.807, 2.05) is 0 Å². The number of nitrogens with zero attached hydrogens (tertiary/aromatic N) is 1. The van der Waals surface area contributed by atoms with E-state index in [1.165, 1.54) is 37.4 Å². The summed E-state index contributed by atoms with van der Waals surface area (Å²) in [4.78, 5) is 24.2. The van der Waals surface area contributed by atoms with Crippen LogP contribution in [0.3, 0.4) is 0 Å². The molecule has 0 amide bonds. The molecule has 0 atom stereocenters. The summed E-state index contributed by atoms with van der Waals surface area (Å²) in [7, 11) is -2.89. The fourth-order valence-corrected chi connectivity index (χ4v) is 4.45. The second-order valence-electron chi connectivity index (χ2n) is 5.71. The second kappa shape index (κ2) is 7.35. The van der Waals surface area contributed by atoms with Crippen molar-refractivity contribution in [2.24, 2.45) is 0 Å². The minimum Gasteiger partial charge on any atom is -0.496 e. The molecule has 1 aromatic heterocycles. The highest BCUT2D eigenvalue weighted by molar-refractivity contribution is 7.90. The number of fused-ring (bicyclic) bond motifs is 1. The molecule has 0 unspecified atom stereocenters. The maximum atomic E-state index is 13.3. The Kier molecular flexibility index (Phi) is 5.10. The van der Waals surface area contributed by atoms with Crippen LogP contribution in [0.5, 0.6) is 5.75 Å². The van der Waals surface area contributed by atoms with Crippen molar-refractivity contribution in [3.63, 3.8) is 0 Å². The Balaban J connectivity index is 2.43. The van der Waals surface area contributed by atoms with Crippen molar-refractivity contribution in [1.29, 1.82) is 0 Å². The third-order valence-corrected chi connectivity index (χ3v) is 5.84. The van der Waals surface area contributed by atoms with E-state index in [9.17, 15) is 23.1 Å². The van der Waals surface area contributed by atoms with Crippen molar-refractivity contribution in [1.82, 2.24) is 3.97 Å². The summed E-state index contributed by atoms with van der Waals surface area (Å²) in [5.41, 5.74) is -0.505. The number of ether oxygens (including phenoxy) is 2. The monoisotopic (exact) mass is 403 g/mol. The van der Waals surface area contributed by atoms with Gasteiger partial charge in [-0.3, -0.25) is 0 Å². The van der Waals surface area contributed by atoms with Gasteiger partial charge in [-0.25, -0.2) is 22.0 Å². The highest BCUT2D eigenvalue weighted by atomic mass is 32.2. The molecule has 2 aromatic carbocycles. The maximum Gasteiger partial charge on any atom is 0.356 e. The molecule has 3 aromatic rings. The number of rotatable bonds is 6. The first-order valence-electron chi connectivity index (χ1n) is 8.26. The van der Waals surface area contributed by atoms with Gasteiger partial charge >= 0.3 is 11.9 Å². The van der Waals surface area contributed by atoms with E-state index in [0.29, 0.717) is 0 Å². The number of benzene rings is 2. The largest absolute Gasteiger partial charge is 0.496 e. The van der Waals surface area contributed by atoms with Crippen LogP contribution in [0.15, 0.2) is 53.4 Å². The molecule has 0 spiro atoms. The summed E-state index contributed by atoms with van der Waals surface area (Å²) in [5, 5.41) is 9.65. The van der Waals surface area contributed by atoms with E-state index in [0.717, 1.165) is 3.97 Å². The summed E-state index contributed by atoms with van der Waals surface area (Å²) in [6.45, 7) is 1.61. The summed E-state index contributed by atoms with van der Waals surface area (Å²) < 4.78 is 37.4. The smallest absolute Gasteiger partial charge is 0.356 e. The van der Waals surface area contributed by atoms with Gasteiger partial charge in [0.2, 0.25) is 0 Å². The van der Waals surface area contributed by atoms with Gasteiger partial charge in [0.1, 0.15) is 17.0 Å². The van der Waals surface area contributed by atoms with E-state index < -0.39 is 22.0 Å². The fraction of sp³-hybridized carbons (Fsp3) is 0.158. The van der Waals surface area contributed by atoms with Gasteiger partial charge in [0.05, 0.1) is 24.1 Å². The van der Waals surface area contributed by atoms with Crippen LogP contribution in [0, 0.1) is 0 Å². The zero-order chi connectivity index (χ0) is 20.5. The lowest BCUT2D eigenvalue weighted by Gasteiger charge is -2.12. The third kappa shape index (κ3) is 3.09. The van der Waals surface area contributed by atoms with Gasteiger partial charge in [0.15, 0.2) is 0 Å². The molecule has 0 aliphatic rings. The van der Waals surface area contributed by atoms with Crippen molar-refractivity contribution in [2.45, 2.75) is 11.8 Å². The molecule has 0 radical (unpaired) electrons. The summed E-state index contributed by atoms with van der Waals surface area (Å²) in [6, 6.07) is 11.5. The number of carboxylic acids is 1. The average molecular weight is 403 g/mol. The molecule has 146 valence electrons. The van der Waals surface area contributed by atoms with Gasteiger partial charge in [-0.1, -0.05) is 18.2 Å². The van der Waals surface area contributed by atoms with Gasteiger partial charge in [-0.15, -0.1) is 0 Å². The molecule has 0 bridgehead atoms. The van der Waals surface area contributed by atoms with Crippen LogP contribution in [-0.2, 0) is 14.8 Å². The number of aromatic carboxylic acids is 1. The number of aromatic nitrogens is 1. The molecule has 1 N–H and O–H groups in total. The second-order valence-corrected chi connectivity index (χ2v) is 7.50. The minimum atomic E-state index is -4.20. The van der Waals surface area contributed by atoms with Gasteiger partial charge < -0.3 is 14.6 Å². The number of methoxy groups -OCH3 is 1. The summed E-state index contributed by atoms with van der Waals surface area (Å²) in [5.74, 6) is -2.15. The van der Waals surface area contributed by atoms with E-state index >= 15 is 0 Å². The molecule has 3 rings (SSSR count). The lowest BCUT2D eigenvalue weighted by atomic mass is 10.1. The van der Waals surface area contributed by atoms with E-state index in [1.54, 1.807) is 25.1 Å². The minimum absolute atomic E-state index is 0.0286. The van der Waals surface area contributed by atoms with Crippen molar-refractivity contribution in [3.05, 3.63) is 59.8 Å². The van der Waals surface area contributed by atoms with Crippen molar-refractivity contribution in [3.8, 4) is 5.75 Å². The highest BCUT2D eigenvalue weighted by Crippen LogP contribution is 2.33. The number of carbonyl (C=O) groups excluding carboxylic acids is 1. The fourth-order valence-electron chi connectivity index (χ4n) is 2.93. The molecular formula is C19H17NO7S. The molecule has 0 saturated heterocycles. The molecule has 0 fully saturated rings. The van der Waals surface area contributed by atoms with Gasteiger partial charge in [-0.05, 0) is 37.3 Å². The molecular weight excluding hydrogens is 386 g/mol. The van der Waals surface area contributed by atoms with Crippen molar-refractivity contribution in [2.75, 3.05) is 13.7 Å². The lowest BCUT2D eigenvalue weighted by Crippen LogP contribution is -2.19. The van der Waals surface area contributed by atoms with Crippen molar-refractivity contribution < 1.29 is 32.6 Å². The molecule has 0 aliphatic heterocycles. The Labute approximate surface area is 161 Å². The van der Waals surface area contributed by atoms with Gasteiger partial charge in [0, 0.05) is 5.39 Å². The molecule has 9 heteroatoms. The van der Waals surface area contributed by atoms with Gasteiger partial charge in [0.25, 0.3) is 10.0 Å². The molecule has 0 aliphatic carbocycles. The average Bonchev–Trinajstić information content (AvgIpc) is 3.08. The van der Waals surface area contributed by atoms with Crippen LogP contribution in [-0.4, -0.2) is 43.2 Å². The molecule has 1 heterocycles. The Morgan fingerprint density at radius 1 is 1.11 bits per heavy atom. The Bertz CT molecular complexity index is 1160. The molecule has 8 nitrogen and oxygen atoms in total. The number of carboxylic acid groups (broad SMARTS) is 1. The number of carbonyl (C=O) groups is 2.